The topological polar surface area (TPSA) is 102 Å². The van der Waals surface area contributed by atoms with E-state index in [9.17, 15) is 14.7 Å². The lowest BCUT2D eigenvalue weighted by atomic mass is 9.92. The molecule has 9 heteroatoms. The highest BCUT2D eigenvalue weighted by atomic mass is 35.5. The van der Waals surface area contributed by atoms with E-state index < -0.39 is 11.8 Å². The van der Waals surface area contributed by atoms with Crippen LogP contribution in [0.2, 0.25) is 5.02 Å². The molecule has 0 radical (unpaired) electrons. The van der Waals surface area contributed by atoms with E-state index in [0.717, 1.165) is 36.8 Å². The van der Waals surface area contributed by atoms with Gasteiger partial charge in [-0.25, -0.2) is 0 Å². The normalized spacial score (nSPS) is 12.8. The van der Waals surface area contributed by atoms with Crippen molar-refractivity contribution in [3.8, 4) is 28.4 Å². The van der Waals surface area contributed by atoms with Gasteiger partial charge in [0.1, 0.15) is 5.75 Å². The number of hydrogen-bond acceptors (Lipinski definition) is 6. The number of imide groups is 1. The number of amides is 2. The third-order valence-electron chi connectivity index (χ3n) is 6.94. The molecule has 0 atom stereocenters. The maximum Gasteiger partial charge on any atom is 0.259 e. The van der Waals surface area contributed by atoms with Gasteiger partial charge in [-0.3, -0.25) is 14.9 Å². The van der Waals surface area contributed by atoms with Crippen LogP contribution in [0.25, 0.3) is 32.9 Å². The van der Waals surface area contributed by atoms with Crippen LogP contribution in [0.4, 0.5) is 0 Å². The SMILES string of the molecule is CCCCn1c2cc(OCCCNC)c(O)cc2c2c3c(c(-c4c(Cl)cccc4OC)cc21)C(=O)NC3=O. The Kier molecular flexibility index (Phi) is 7.19. The second kappa shape index (κ2) is 10.6. The number of fused-ring (bicyclic) bond motifs is 5. The quantitative estimate of drug-likeness (QED) is 0.183. The number of methoxy groups -OCH3 is 1. The van der Waals surface area contributed by atoms with Crippen molar-refractivity contribution in [1.82, 2.24) is 15.2 Å². The molecular weight excluding hydrogens is 506 g/mol. The Morgan fingerprint density at radius 2 is 1.82 bits per heavy atom. The predicted octanol–water partition coefficient (Wildman–Crippen LogP) is 5.50. The molecule has 3 aromatic carbocycles. The van der Waals surface area contributed by atoms with Gasteiger partial charge in [0.2, 0.25) is 0 Å². The number of aromatic nitrogens is 1. The van der Waals surface area contributed by atoms with Gasteiger partial charge in [0.25, 0.3) is 11.8 Å². The molecule has 0 saturated heterocycles. The number of carbonyl (C=O) groups excluding carboxylic acids is 2. The zero-order valence-electron chi connectivity index (χ0n) is 21.6. The van der Waals surface area contributed by atoms with Gasteiger partial charge < -0.3 is 24.5 Å². The minimum atomic E-state index is -0.493. The third kappa shape index (κ3) is 4.23. The van der Waals surface area contributed by atoms with E-state index in [1.807, 2.05) is 19.2 Å². The van der Waals surface area contributed by atoms with Crippen LogP contribution in [0, 0.1) is 0 Å². The first kappa shape index (κ1) is 25.9. The van der Waals surface area contributed by atoms with Crippen molar-refractivity contribution < 1.29 is 24.2 Å². The zero-order chi connectivity index (χ0) is 27.0. The molecule has 1 aliphatic heterocycles. The van der Waals surface area contributed by atoms with E-state index in [1.165, 1.54) is 7.11 Å². The molecular formula is C29H30ClN3O5. The summed E-state index contributed by atoms with van der Waals surface area (Å²) in [6, 6.07) is 10.6. The summed E-state index contributed by atoms with van der Waals surface area (Å²) in [5.41, 5.74) is 3.16. The summed E-state index contributed by atoms with van der Waals surface area (Å²) >= 11 is 6.64. The number of unbranched alkanes of at least 4 members (excludes halogenated alkanes) is 1. The number of carbonyl (C=O) groups is 2. The van der Waals surface area contributed by atoms with Gasteiger partial charge in [0.05, 0.1) is 40.9 Å². The monoisotopic (exact) mass is 535 g/mol. The average Bonchev–Trinajstić information content (AvgIpc) is 3.37. The van der Waals surface area contributed by atoms with E-state index in [0.29, 0.717) is 51.6 Å². The fourth-order valence-corrected chi connectivity index (χ4v) is 5.46. The molecule has 1 aromatic heterocycles. The first-order valence-corrected chi connectivity index (χ1v) is 13.1. The standard InChI is InChI=1S/C29H30ClN3O5/c1-4-5-11-33-19-15-23(38-12-7-10-31-2)21(34)14-16(19)25-20(33)13-17(26-27(25)29(36)32-28(26)35)24-18(30)8-6-9-22(24)37-3/h6,8-9,13-15,31,34H,4-5,7,10-12H2,1-3H3,(H,32,35,36). The largest absolute Gasteiger partial charge is 0.504 e. The van der Waals surface area contributed by atoms with Crippen molar-refractivity contribution >= 4 is 45.2 Å². The Labute approximate surface area is 225 Å². The lowest BCUT2D eigenvalue weighted by Crippen LogP contribution is -2.20. The average molecular weight is 536 g/mol. The van der Waals surface area contributed by atoms with Crippen molar-refractivity contribution in [3.63, 3.8) is 0 Å². The van der Waals surface area contributed by atoms with Crippen LogP contribution >= 0.6 is 11.6 Å². The van der Waals surface area contributed by atoms with Gasteiger partial charge in [0, 0.05) is 34.5 Å². The summed E-state index contributed by atoms with van der Waals surface area (Å²) in [5, 5.41) is 18.1. The predicted molar refractivity (Wildman–Crippen MR) is 149 cm³/mol. The molecule has 0 bridgehead atoms. The number of halogens is 1. The number of hydrogen-bond donors (Lipinski definition) is 3. The molecule has 0 aliphatic carbocycles. The smallest absolute Gasteiger partial charge is 0.259 e. The highest BCUT2D eigenvalue weighted by Crippen LogP contribution is 2.46. The molecule has 0 saturated carbocycles. The van der Waals surface area contributed by atoms with Gasteiger partial charge in [-0.2, -0.15) is 0 Å². The summed E-state index contributed by atoms with van der Waals surface area (Å²) in [6.07, 6.45) is 2.64. The van der Waals surface area contributed by atoms with E-state index in [4.69, 9.17) is 21.1 Å². The molecule has 198 valence electrons. The van der Waals surface area contributed by atoms with Crippen LogP contribution in [-0.4, -0.2) is 48.8 Å². The van der Waals surface area contributed by atoms with E-state index >= 15 is 0 Å². The molecule has 2 amide bonds. The minimum Gasteiger partial charge on any atom is -0.504 e. The summed E-state index contributed by atoms with van der Waals surface area (Å²) in [4.78, 5) is 26.4. The Bertz CT molecular complexity index is 1580. The van der Waals surface area contributed by atoms with Crippen LogP contribution in [0.15, 0.2) is 36.4 Å². The van der Waals surface area contributed by atoms with Gasteiger partial charge in [-0.15, -0.1) is 0 Å². The molecule has 0 unspecified atom stereocenters. The first-order valence-electron chi connectivity index (χ1n) is 12.7. The Morgan fingerprint density at radius 1 is 1.03 bits per heavy atom. The van der Waals surface area contributed by atoms with Crippen molar-refractivity contribution in [2.24, 2.45) is 0 Å². The molecule has 2 heterocycles. The van der Waals surface area contributed by atoms with E-state index in [1.54, 1.807) is 24.3 Å². The Morgan fingerprint density at radius 3 is 2.55 bits per heavy atom. The molecule has 1 aliphatic rings. The molecule has 0 fully saturated rings. The van der Waals surface area contributed by atoms with Crippen LogP contribution in [0.1, 0.15) is 46.9 Å². The second-order valence-corrected chi connectivity index (χ2v) is 9.72. The van der Waals surface area contributed by atoms with Gasteiger partial charge in [-0.1, -0.05) is 31.0 Å². The second-order valence-electron chi connectivity index (χ2n) is 9.32. The fourth-order valence-electron chi connectivity index (χ4n) is 5.19. The van der Waals surface area contributed by atoms with E-state index in [-0.39, 0.29) is 16.9 Å². The number of aryl methyl sites for hydroxylation is 1. The molecule has 0 spiro atoms. The number of aromatic hydroxyl groups is 1. The minimum absolute atomic E-state index is 0.0215. The number of benzene rings is 3. The van der Waals surface area contributed by atoms with Crippen molar-refractivity contribution in [2.75, 3.05) is 27.3 Å². The van der Waals surface area contributed by atoms with Crippen molar-refractivity contribution in [3.05, 3.63) is 52.5 Å². The van der Waals surface area contributed by atoms with Crippen LogP contribution in [0.5, 0.6) is 17.2 Å². The van der Waals surface area contributed by atoms with Gasteiger partial charge in [-0.05, 0) is 50.7 Å². The number of phenolic OH excluding ortho intramolecular Hbond substituents is 1. The number of rotatable bonds is 10. The fraction of sp³-hybridized carbons (Fsp3) is 0.310. The maximum atomic E-state index is 13.2. The van der Waals surface area contributed by atoms with Crippen molar-refractivity contribution in [2.45, 2.75) is 32.7 Å². The Balaban J connectivity index is 1.85. The van der Waals surface area contributed by atoms with E-state index in [2.05, 4.69) is 22.1 Å². The lowest BCUT2D eigenvalue weighted by Gasteiger charge is -2.15. The molecule has 4 aromatic rings. The number of nitrogens with zero attached hydrogens (tertiary/aromatic N) is 1. The van der Waals surface area contributed by atoms with Crippen molar-refractivity contribution in [1.29, 1.82) is 0 Å². The Hall–Kier alpha value is -3.75. The molecule has 8 nitrogen and oxygen atoms in total. The van der Waals surface area contributed by atoms with Crippen LogP contribution < -0.4 is 20.1 Å². The van der Waals surface area contributed by atoms with Crippen LogP contribution in [-0.2, 0) is 6.54 Å². The highest BCUT2D eigenvalue weighted by Gasteiger charge is 2.36. The highest BCUT2D eigenvalue weighted by molar-refractivity contribution is 6.36. The van der Waals surface area contributed by atoms with Gasteiger partial charge in [0.15, 0.2) is 11.5 Å². The third-order valence-corrected chi connectivity index (χ3v) is 7.26. The first-order chi connectivity index (χ1) is 18.4. The number of ether oxygens (including phenoxy) is 2. The maximum absolute atomic E-state index is 13.2. The molecule has 38 heavy (non-hydrogen) atoms. The number of nitrogens with one attached hydrogen (secondary N) is 2. The summed E-state index contributed by atoms with van der Waals surface area (Å²) in [7, 11) is 3.42. The van der Waals surface area contributed by atoms with Crippen LogP contribution in [0.3, 0.4) is 0 Å². The summed E-state index contributed by atoms with van der Waals surface area (Å²) in [5.74, 6) is -0.125. The van der Waals surface area contributed by atoms with Gasteiger partial charge >= 0.3 is 0 Å². The zero-order valence-corrected chi connectivity index (χ0v) is 22.4. The molecule has 5 rings (SSSR count). The molecule has 3 N–H and O–H groups in total. The lowest BCUT2D eigenvalue weighted by molar-refractivity contribution is 0.0880. The summed E-state index contributed by atoms with van der Waals surface area (Å²) < 4.78 is 13.6. The number of phenols is 1. The summed E-state index contributed by atoms with van der Waals surface area (Å²) in [6.45, 7) is 4.02.